The molecule has 0 unspecified atom stereocenters. The molecule has 1 heterocycles. The van der Waals surface area contributed by atoms with Crippen molar-refractivity contribution in [1.82, 2.24) is 4.98 Å². The lowest BCUT2D eigenvalue weighted by atomic mass is 10.1. The number of hydrogen-bond donors (Lipinski definition) is 0. The largest absolute Gasteiger partial charge is 0.494 e. The van der Waals surface area contributed by atoms with Crippen molar-refractivity contribution in [2.45, 2.75) is 26.3 Å². The Balaban J connectivity index is 1.60. The molecular formula is C25H24N2O2S. The molecule has 30 heavy (non-hydrogen) atoms. The average Bonchev–Trinajstić information content (AvgIpc) is 3.20. The number of aromatic nitrogens is 1. The van der Waals surface area contributed by atoms with Crippen LogP contribution in [0.2, 0.25) is 0 Å². The summed E-state index contributed by atoms with van der Waals surface area (Å²) in [5.41, 5.74) is 3.13. The minimum atomic E-state index is 0.0757. The zero-order chi connectivity index (χ0) is 20.8. The lowest BCUT2D eigenvalue weighted by Gasteiger charge is -2.20. The van der Waals surface area contributed by atoms with E-state index in [1.54, 1.807) is 0 Å². The van der Waals surface area contributed by atoms with E-state index < -0.39 is 0 Å². The predicted molar refractivity (Wildman–Crippen MR) is 123 cm³/mol. The molecule has 3 aromatic carbocycles. The van der Waals surface area contributed by atoms with Crippen LogP contribution in [0.15, 0.2) is 78.9 Å². The van der Waals surface area contributed by atoms with Crippen LogP contribution in [0.25, 0.3) is 10.2 Å². The number of anilines is 1. The van der Waals surface area contributed by atoms with Crippen molar-refractivity contribution in [3.05, 3.63) is 90.0 Å². The SMILES string of the molecule is CCOc1ccc2nc(N(Cc3ccccc3)C(=O)CCc3ccccc3)sc2c1. The molecule has 0 saturated heterocycles. The molecule has 152 valence electrons. The fraction of sp³-hybridized carbons (Fsp3) is 0.200. The van der Waals surface area contributed by atoms with Crippen LogP contribution in [0.1, 0.15) is 24.5 Å². The summed E-state index contributed by atoms with van der Waals surface area (Å²) in [6.45, 7) is 3.09. The number of hydrogen-bond acceptors (Lipinski definition) is 4. The van der Waals surface area contributed by atoms with Gasteiger partial charge in [-0.2, -0.15) is 0 Å². The molecular weight excluding hydrogens is 392 g/mol. The predicted octanol–water partition coefficient (Wildman–Crippen LogP) is 5.86. The molecule has 0 bridgehead atoms. The lowest BCUT2D eigenvalue weighted by molar-refractivity contribution is -0.118. The molecule has 0 fully saturated rings. The van der Waals surface area contributed by atoms with Crippen LogP contribution in [0.5, 0.6) is 5.75 Å². The number of fused-ring (bicyclic) bond motifs is 1. The van der Waals surface area contributed by atoms with Gasteiger partial charge >= 0.3 is 0 Å². The Morgan fingerprint density at radius 2 is 1.67 bits per heavy atom. The van der Waals surface area contributed by atoms with Crippen LogP contribution >= 0.6 is 11.3 Å². The fourth-order valence-electron chi connectivity index (χ4n) is 3.32. The fourth-order valence-corrected chi connectivity index (χ4v) is 4.33. The van der Waals surface area contributed by atoms with Gasteiger partial charge in [-0.05, 0) is 42.7 Å². The van der Waals surface area contributed by atoms with Gasteiger partial charge in [0.1, 0.15) is 5.75 Å². The molecule has 1 amide bonds. The standard InChI is InChI=1S/C25H24N2O2S/c1-2-29-21-14-15-22-23(17-21)30-25(26-22)27(18-20-11-7-4-8-12-20)24(28)16-13-19-9-5-3-6-10-19/h3-12,14-15,17H,2,13,16,18H2,1H3. The number of rotatable bonds is 8. The van der Waals surface area contributed by atoms with Gasteiger partial charge in [-0.25, -0.2) is 4.98 Å². The van der Waals surface area contributed by atoms with Crippen molar-refractivity contribution in [2.24, 2.45) is 0 Å². The first-order valence-corrected chi connectivity index (χ1v) is 11.0. The number of carbonyl (C=O) groups is 1. The summed E-state index contributed by atoms with van der Waals surface area (Å²) >= 11 is 1.53. The van der Waals surface area contributed by atoms with Crippen LogP contribution in [-0.4, -0.2) is 17.5 Å². The molecule has 0 radical (unpaired) electrons. The molecule has 0 aliphatic rings. The third-order valence-electron chi connectivity index (χ3n) is 4.85. The summed E-state index contributed by atoms with van der Waals surface area (Å²) in [6, 6.07) is 26.0. The topological polar surface area (TPSA) is 42.4 Å². The second kappa shape index (κ2) is 9.55. The molecule has 0 N–H and O–H groups in total. The lowest BCUT2D eigenvalue weighted by Crippen LogP contribution is -2.30. The second-order valence-corrected chi connectivity index (χ2v) is 8.02. The monoisotopic (exact) mass is 416 g/mol. The molecule has 0 aliphatic carbocycles. The molecule has 5 heteroatoms. The van der Waals surface area contributed by atoms with Gasteiger partial charge < -0.3 is 4.74 Å². The van der Waals surface area contributed by atoms with E-state index in [2.05, 4.69) is 12.1 Å². The molecule has 4 rings (SSSR count). The number of carbonyl (C=O) groups excluding carboxylic acids is 1. The summed E-state index contributed by atoms with van der Waals surface area (Å²) in [7, 11) is 0. The van der Waals surface area contributed by atoms with Gasteiger partial charge in [-0.15, -0.1) is 0 Å². The minimum Gasteiger partial charge on any atom is -0.494 e. The highest BCUT2D eigenvalue weighted by Gasteiger charge is 2.20. The van der Waals surface area contributed by atoms with E-state index in [0.717, 1.165) is 32.2 Å². The third-order valence-corrected chi connectivity index (χ3v) is 5.89. The van der Waals surface area contributed by atoms with E-state index in [-0.39, 0.29) is 5.91 Å². The summed E-state index contributed by atoms with van der Waals surface area (Å²) < 4.78 is 6.63. The molecule has 4 nitrogen and oxygen atoms in total. The van der Waals surface area contributed by atoms with Gasteiger partial charge in [0.15, 0.2) is 5.13 Å². The Labute approximate surface area is 180 Å². The summed E-state index contributed by atoms with van der Waals surface area (Å²) in [6.07, 6.45) is 1.15. The highest BCUT2D eigenvalue weighted by atomic mass is 32.1. The molecule has 4 aromatic rings. The van der Waals surface area contributed by atoms with Crippen molar-refractivity contribution in [3.8, 4) is 5.75 Å². The molecule has 0 spiro atoms. The van der Waals surface area contributed by atoms with E-state index in [4.69, 9.17) is 9.72 Å². The second-order valence-electron chi connectivity index (χ2n) is 7.01. The van der Waals surface area contributed by atoms with Gasteiger partial charge in [0, 0.05) is 6.42 Å². The molecule has 0 atom stereocenters. The Hall–Kier alpha value is -3.18. The van der Waals surface area contributed by atoms with E-state index in [0.29, 0.717) is 26.0 Å². The minimum absolute atomic E-state index is 0.0757. The van der Waals surface area contributed by atoms with E-state index in [9.17, 15) is 4.79 Å². The molecule has 0 saturated carbocycles. The van der Waals surface area contributed by atoms with Crippen LogP contribution in [0.3, 0.4) is 0 Å². The highest BCUT2D eigenvalue weighted by Crippen LogP contribution is 2.32. The first kappa shape index (κ1) is 20.1. The highest BCUT2D eigenvalue weighted by molar-refractivity contribution is 7.22. The van der Waals surface area contributed by atoms with Gasteiger partial charge in [0.2, 0.25) is 5.91 Å². The van der Waals surface area contributed by atoms with Gasteiger partial charge in [-0.1, -0.05) is 72.0 Å². The zero-order valence-corrected chi connectivity index (χ0v) is 17.8. The van der Waals surface area contributed by atoms with Gasteiger partial charge in [0.05, 0.1) is 23.4 Å². The Morgan fingerprint density at radius 3 is 2.37 bits per heavy atom. The van der Waals surface area contributed by atoms with Gasteiger partial charge in [0.25, 0.3) is 0 Å². The van der Waals surface area contributed by atoms with Gasteiger partial charge in [-0.3, -0.25) is 9.69 Å². The van der Waals surface area contributed by atoms with Crippen molar-refractivity contribution in [2.75, 3.05) is 11.5 Å². The molecule has 1 aromatic heterocycles. The normalized spacial score (nSPS) is 10.8. The Bertz CT molecular complexity index is 1110. The van der Waals surface area contributed by atoms with E-state index in [1.165, 1.54) is 11.3 Å². The van der Waals surface area contributed by atoms with Crippen molar-refractivity contribution < 1.29 is 9.53 Å². The smallest absolute Gasteiger partial charge is 0.229 e. The number of aryl methyl sites for hydroxylation is 1. The molecule has 0 aliphatic heterocycles. The number of nitrogens with zero attached hydrogens (tertiary/aromatic N) is 2. The van der Waals surface area contributed by atoms with Crippen molar-refractivity contribution in [1.29, 1.82) is 0 Å². The van der Waals surface area contributed by atoms with E-state index in [1.807, 2.05) is 78.6 Å². The van der Waals surface area contributed by atoms with Crippen LogP contribution < -0.4 is 9.64 Å². The van der Waals surface area contributed by atoms with Crippen LogP contribution in [0.4, 0.5) is 5.13 Å². The van der Waals surface area contributed by atoms with Crippen molar-refractivity contribution in [3.63, 3.8) is 0 Å². The van der Waals surface area contributed by atoms with E-state index >= 15 is 0 Å². The summed E-state index contributed by atoms with van der Waals surface area (Å²) in [5.74, 6) is 0.900. The average molecular weight is 417 g/mol. The summed E-state index contributed by atoms with van der Waals surface area (Å²) in [4.78, 5) is 19.8. The number of amides is 1. The number of benzene rings is 3. The third kappa shape index (κ3) is 4.86. The maximum absolute atomic E-state index is 13.2. The van der Waals surface area contributed by atoms with Crippen molar-refractivity contribution >= 4 is 32.6 Å². The quantitative estimate of drug-likeness (QED) is 0.361. The Morgan fingerprint density at radius 1 is 0.967 bits per heavy atom. The summed E-state index contributed by atoms with van der Waals surface area (Å²) in [5, 5.41) is 0.723. The number of ether oxygens (including phenoxy) is 1. The first-order chi connectivity index (χ1) is 14.7. The maximum Gasteiger partial charge on any atom is 0.229 e. The van der Waals surface area contributed by atoms with Crippen LogP contribution in [0, 0.1) is 0 Å². The zero-order valence-electron chi connectivity index (χ0n) is 17.0. The number of thiazole rings is 1. The Kier molecular flexibility index (Phi) is 6.40. The first-order valence-electron chi connectivity index (χ1n) is 10.1. The maximum atomic E-state index is 13.2. The van der Waals surface area contributed by atoms with Crippen LogP contribution in [-0.2, 0) is 17.8 Å².